The van der Waals surface area contributed by atoms with Crippen LogP contribution in [0.5, 0.6) is 5.75 Å². The molecule has 4 aromatic rings. The number of para-hydroxylation sites is 2. The molecule has 29 heavy (non-hydrogen) atoms. The van der Waals surface area contributed by atoms with Crippen LogP contribution >= 0.6 is 0 Å². The Kier molecular flexibility index (Phi) is 5.20. The van der Waals surface area contributed by atoms with Crippen molar-refractivity contribution < 1.29 is 13.9 Å². The average Bonchev–Trinajstić information content (AvgIpc) is 2.74. The molecular formula is C24H19FN2O2. The number of aromatic nitrogens is 1. The molecule has 0 atom stereocenters. The Hall–Kier alpha value is -3.73. The highest BCUT2D eigenvalue weighted by Crippen LogP contribution is 2.30. The highest BCUT2D eigenvalue weighted by Gasteiger charge is 2.12. The van der Waals surface area contributed by atoms with Crippen LogP contribution in [0.4, 0.5) is 10.1 Å². The van der Waals surface area contributed by atoms with Crippen LogP contribution < -0.4 is 10.1 Å². The van der Waals surface area contributed by atoms with Crippen molar-refractivity contribution in [3.8, 4) is 17.0 Å². The second-order valence-electron chi connectivity index (χ2n) is 6.71. The molecule has 3 aromatic carbocycles. The molecule has 144 valence electrons. The lowest BCUT2D eigenvalue weighted by atomic mass is 10.1. The fourth-order valence-electron chi connectivity index (χ4n) is 3.03. The zero-order valence-corrected chi connectivity index (χ0v) is 15.9. The highest BCUT2D eigenvalue weighted by atomic mass is 19.1. The van der Waals surface area contributed by atoms with Gasteiger partial charge < -0.3 is 10.1 Å². The molecule has 1 aromatic heterocycles. The molecule has 4 rings (SSSR count). The molecule has 0 aliphatic rings. The molecule has 1 heterocycles. The lowest BCUT2D eigenvalue weighted by molar-refractivity contribution is -0.118. The van der Waals surface area contributed by atoms with Gasteiger partial charge in [-0.05, 0) is 31.2 Å². The van der Waals surface area contributed by atoms with Crippen LogP contribution in [-0.4, -0.2) is 17.5 Å². The summed E-state index contributed by atoms with van der Waals surface area (Å²) >= 11 is 0. The maximum Gasteiger partial charge on any atom is 0.262 e. The second-order valence-corrected chi connectivity index (χ2v) is 6.71. The van der Waals surface area contributed by atoms with Gasteiger partial charge in [0.1, 0.15) is 11.6 Å². The van der Waals surface area contributed by atoms with Crippen molar-refractivity contribution in [1.82, 2.24) is 4.98 Å². The lowest BCUT2D eigenvalue weighted by Gasteiger charge is -2.12. The molecule has 0 saturated heterocycles. The van der Waals surface area contributed by atoms with E-state index in [1.165, 1.54) is 12.1 Å². The standard InChI is InChI=1S/C24H19FN2O2/c1-16-10-12-17(13-11-16)22-14-23(18-6-2-4-8-20(18)26-22)29-15-24(28)27-21-9-5-3-7-19(21)25/h2-14H,15H2,1H3,(H,27,28). The molecule has 0 unspecified atom stereocenters. The first-order valence-corrected chi connectivity index (χ1v) is 9.24. The first-order valence-electron chi connectivity index (χ1n) is 9.24. The number of benzene rings is 3. The Balaban J connectivity index is 1.60. The number of hydrogen-bond acceptors (Lipinski definition) is 3. The van der Waals surface area contributed by atoms with Crippen LogP contribution in [0.25, 0.3) is 22.2 Å². The topological polar surface area (TPSA) is 51.2 Å². The minimum atomic E-state index is -0.489. The van der Waals surface area contributed by atoms with Crippen molar-refractivity contribution in [3.63, 3.8) is 0 Å². The van der Waals surface area contributed by atoms with Crippen LogP contribution in [0.15, 0.2) is 78.9 Å². The number of aryl methyl sites for hydroxylation is 1. The fourth-order valence-corrected chi connectivity index (χ4v) is 3.03. The Bertz CT molecular complexity index is 1170. The first kappa shape index (κ1) is 18.6. The van der Waals surface area contributed by atoms with Crippen molar-refractivity contribution in [3.05, 3.63) is 90.2 Å². The fraction of sp³-hybridized carbons (Fsp3) is 0.0833. The predicted octanol–water partition coefficient (Wildman–Crippen LogP) is 5.37. The Morgan fingerprint density at radius 1 is 1.00 bits per heavy atom. The zero-order valence-electron chi connectivity index (χ0n) is 15.9. The molecule has 1 amide bonds. The molecule has 0 aliphatic heterocycles. The van der Waals surface area contributed by atoms with Gasteiger partial charge in [0.25, 0.3) is 5.91 Å². The number of carbonyl (C=O) groups is 1. The molecular weight excluding hydrogens is 367 g/mol. The molecule has 0 bridgehead atoms. The van der Waals surface area contributed by atoms with Gasteiger partial charge in [-0.2, -0.15) is 0 Å². The minimum Gasteiger partial charge on any atom is -0.483 e. The van der Waals surface area contributed by atoms with E-state index in [0.717, 1.165) is 27.7 Å². The smallest absolute Gasteiger partial charge is 0.262 e. The molecule has 4 nitrogen and oxygen atoms in total. The Labute approximate surface area is 168 Å². The number of amides is 1. The van der Waals surface area contributed by atoms with E-state index in [1.54, 1.807) is 12.1 Å². The quantitative estimate of drug-likeness (QED) is 0.502. The third-order valence-corrected chi connectivity index (χ3v) is 4.53. The number of nitrogens with one attached hydrogen (secondary N) is 1. The first-order chi connectivity index (χ1) is 14.1. The summed E-state index contributed by atoms with van der Waals surface area (Å²) in [5.41, 5.74) is 3.78. The summed E-state index contributed by atoms with van der Waals surface area (Å²) in [5, 5.41) is 3.33. The van der Waals surface area contributed by atoms with Crippen molar-refractivity contribution >= 4 is 22.5 Å². The van der Waals surface area contributed by atoms with E-state index < -0.39 is 11.7 Å². The largest absolute Gasteiger partial charge is 0.483 e. The normalized spacial score (nSPS) is 10.7. The maximum atomic E-state index is 13.7. The predicted molar refractivity (Wildman–Crippen MR) is 112 cm³/mol. The summed E-state index contributed by atoms with van der Waals surface area (Å²) < 4.78 is 19.5. The van der Waals surface area contributed by atoms with Crippen LogP contribution in [-0.2, 0) is 4.79 Å². The average molecular weight is 386 g/mol. The summed E-state index contributed by atoms with van der Waals surface area (Å²) in [4.78, 5) is 17.0. The number of halogens is 1. The number of nitrogens with zero attached hydrogens (tertiary/aromatic N) is 1. The van der Waals surface area contributed by atoms with Crippen LogP contribution in [0, 0.1) is 12.7 Å². The number of carbonyl (C=O) groups excluding carboxylic acids is 1. The van der Waals surface area contributed by atoms with Gasteiger partial charge in [-0.3, -0.25) is 4.79 Å². The molecule has 0 fully saturated rings. The number of pyridine rings is 1. The number of fused-ring (bicyclic) bond motifs is 1. The second kappa shape index (κ2) is 8.10. The van der Waals surface area contributed by atoms with Crippen molar-refractivity contribution in [2.75, 3.05) is 11.9 Å². The van der Waals surface area contributed by atoms with Gasteiger partial charge in [-0.25, -0.2) is 9.37 Å². The molecule has 0 spiro atoms. The van der Waals surface area contributed by atoms with Gasteiger partial charge in [0.2, 0.25) is 0 Å². The Morgan fingerprint density at radius 3 is 2.52 bits per heavy atom. The summed E-state index contributed by atoms with van der Waals surface area (Å²) in [6.07, 6.45) is 0. The van der Waals surface area contributed by atoms with Gasteiger partial charge >= 0.3 is 0 Å². The molecule has 0 radical (unpaired) electrons. The van der Waals surface area contributed by atoms with E-state index in [4.69, 9.17) is 9.72 Å². The minimum absolute atomic E-state index is 0.126. The molecule has 5 heteroatoms. The third-order valence-electron chi connectivity index (χ3n) is 4.53. The number of anilines is 1. The van der Waals surface area contributed by atoms with E-state index in [2.05, 4.69) is 5.32 Å². The van der Waals surface area contributed by atoms with Crippen LogP contribution in [0.2, 0.25) is 0 Å². The van der Waals surface area contributed by atoms with Crippen LogP contribution in [0.1, 0.15) is 5.56 Å². The number of hydrogen-bond donors (Lipinski definition) is 1. The third kappa shape index (κ3) is 4.24. The summed E-state index contributed by atoms with van der Waals surface area (Å²) in [6.45, 7) is 1.79. The summed E-state index contributed by atoms with van der Waals surface area (Å²) in [5.74, 6) is -0.375. The van der Waals surface area contributed by atoms with Crippen molar-refractivity contribution in [2.45, 2.75) is 6.92 Å². The van der Waals surface area contributed by atoms with Gasteiger partial charge in [0, 0.05) is 17.0 Å². The van der Waals surface area contributed by atoms with E-state index in [0.29, 0.717) is 5.75 Å². The van der Waals surface area contributed by atoms with Crippen molar-refractivity contribution in [1.29, 1.82) is 0 Å². The van der Waals surface area contributed by atoms with E-state index in [-0.39, 0.29) is 12.3 Å². The maximum absolute atomic E-state index is 13.7. The summed E-state index contributed by atoms with van der Waals surface area (Å²) in [7, 11) is 0. The number of ether oxygens (including phenoxy) is 1. The van der Waals surface area contributed by atoms with Crippen LogP contribution in [0.3, 0.4) is 0 Å². The van der Waals surface area contributed by atoms with Gasteiger partial charge in [0.05, 0.1) is 16.9 Å². The molecule has 0 aliphatic carbocycles. The van der Waals surface area contributed by atoms with E-state index in [1.807, 2.05) is 61.5 Å². The highest BCUT2D eigenvalue weighted by molar-refractivity contribution is 5.93. The lowest BCUT2D eigenvalue weighted by Crippen LogP contribution is -2.20. The van der Waals surface area contributed by atoms with Gasteiger partial charge in [-0.1, -0.05) is 54.1 Å². The Morgan fingerprint density at radius 2 is 1.72 bits per heavy atom. The van der Waals surface area contributed by atoms with E-state index >= 15 is 0 Å². The SMILES string of the molecule is Cc1ccc(-c2cc(OCC(=O)Nc3ccccc3F)c3ccccc3n2)cc1. The number of rotatable bonds is 5. The van der Waals surface area contributed by atoms with E-state index in [9.17, 15) is 9.18 Å². The molecule has 1 N–H and O–H groups in total. The summed E-state index contributed by atoms with van der Waals surface area (Å²) in [6, 6.07) is 23.5. The molecule has 0 saturated carbocycles. The van der Waals surface area contributed by atoms with Gasteiger partial charge in [0.15, 0.2) is 6.61 Å². The monoisotopic (exact) mass is 386 g/mol. The van der Waals surface area contributed by atoms with Crippen molar-refractivity contribution in [2.24, 2.45) is 0 Å². The van der Waals surface area contributed by atoms with Gasteiger partial charge in [-0.15, -0.1) is 0 Å². The zero-order chi connectivity index (χ0) is 20.2.